The molecule has 0 bridgehead atoms. The fourth-order valence-corrected chi connectivity index (χ4v) is 2.01. The Labute approximate surface area is 98.6 Å². The lowest BCUT2D eigenvalue weighted by Crippen LogP contribution is -2.54. The van der Waals surface area contributed by atoms with E-state index < -0.39 is 11.4 Å². The highest BCUT2D eigenvalue weighted by Gasteiger charge is 2.39. The SMILES string of the molecule is NC1(C(=O)Cc2ccc(Cl)cc2F)CCC1. The third-order valence-electron chi connectivity index (χ3n) is 3.17. The van der Waals surface area contributed by atoms with Gasteiger partial charge in [0.1, 0.15) is 5.82 Å². The molecule has 1 fully saturated rings. The molecule has 0 amide bonds. The lowest BCUT2D eigenvalue weighted by molar-refractivity contribution is -0.126. The van der Waals surface area contributed by atoms with E-state index in [1.165, 1.54) is 12.1 Å². The van der Waals surface area contributed by atoms with Crippen molar-refractivity contribution in [3.63, 3.8) is 0 Å². The van der Waals surface area contributed by atoms with E-state index in [4.69, 9.17) is 17.3 Å². The summed E-state index contributed by atoms with van der Waals surface area (Å²) in [6.45, 7) is 0. The summed E-state index contributed by atoms with van der Waals surface area (Å²) < 4.78 is 13.4. The van der Waals surface area contributed by atoms with Gasteiger partial charge in [-0.1, -0.05) is 17.7 Å². The number of ketones is 1. The summed E-state index contributed by atoms with van der Waals surface area (Å²) in [4.78, 5) is 11.8. The zero-order chi connectivity index (χ0) is 11.8. The van der Waals surface area contributed by atoms with E-state index in [0.717, 1.165) is 6.42 Å². The van der Waals surface area contributed by atoms with Gasteiger partial charge in [-0.3, -0.25) is 4.79 Å². The molecule has 0 aromatic heterocycles. The third-order valence-corrected chi connectivity index (χ3v) is 3.40. The maximum Gasteiger partial charge on any atom is 0.157 e. The predicted molar refractivity (Wildman–Crippen MR) is 60.9 cm³/mol. The van der Waals surface area contributed by atoms with Gasteiger partial charge in [0.05, 0.1) is 5.54 Å². The van der Waals surface area contributed by atoms with Gasteiger partial charge >= 0.3 is 0 Å². The molecule has 0 spiro atoms. The fraction of sp³-hybridized carbons (Fsp3) is 0.417. The van der Waals surface area contributed by atoms with Gasteiger partial charge in [0, 0.05) is 11.4 Å². The molecule has 2 N–H and O–H groups in total. The minimum absolute atomic E-state index is 0.0551. The highest BCUT2D eigenvalue weighted by molar-refractivity contribution is 6.30. The van der Waals surface area contributed by atoms with Crippen LogP contribution in [-0.2, 0) is 11.2 Å². The lowest BCUT2D eigenvalue weighted by atomic mass is 9.73. The molecule has 1 aromatic carbocycles. The summed E-state index contributed by atoms with van der Waals surface area (Å²) >= 11 is 5.63. The Morgan fingerprint density at radius 1 is 1.50 bits per heavy atom. The van der Waals surface area contributed by atoms with Crippen molar-refractivity contribution >= 4 is 17.4 Å². The fourth-order valence-electron chi connectivity index (χ4n) is 1.85. The standard InChI is InChI=1S/C12H13ClFNO/c13-9-3-2-8(10(14)7-9)6-11(16)12(15)4-1-5-12/h2-3,7H,1,4-6,15H2. The molecule has 0 saturated heterocycles. The zero-order valence-corrected chi connectivity index (χ0v) is 9.56. The molecule has 0 radical (unpaired) electrons. The molecular weight excluding hydrogens is 229 g/mol. The van der Waals surface area contributed by atoms with Crippen molar-refractivity contribution in [2.75, 3.05) is 0 Å². The number of Topliss-reactive ketones (excluding diaryl/α,β-unsaturated/α-hetero) is 1. The predicted octanol–water partition coefficient (Wildman–Crippen LogP) is 2.47. The number of carbonyl (C=O) groups is 1. The van der Waals surface area contributed by atoms with Crippen LogP contribution in [0.1, 0.15) is 24.8 Å². The molecule has 2 nitrogen and oxygen atoms in total. The van der Waals surface area contributed by atoms with Crippen LogP contribution in [0.5, 0.6) is 0 Å². The van der Waals surface area contributed by atoms with Crippen LogP contribution in [0.2, 0.25) is 5.02 Å². The molecule has 1 aliphatic rings. The first-order valence-corrected chi connectivity index (χ1v) is 5.65. The molecule has 4 heteroatoms. The summed E-state index contributed by atoms with van der Waals surface area (Å²) in [7, 11) is 0. The minimum atomic E-state index is -0.716. The molecule has 1 aliphatic carbocycles. The number of halogens is 2. The second kappa shape index (κ2) is 4.15. The molecule has 0 heterocycles. The Morgan fingerprint density at radius 2 is 2.19 bits per heavy atom. The number of benzene rings is 1. The van der Waals surface area contributed by atoms with Crippen LogP contribution in [0.25, 0.3) is 0 Å². The van der Waals surface area contributed by atoms with Crippen molar-refractivity contribution in [1.82, 2.24) is 0 Å². The summed E-state index contributed by atoms with van der Waals surface area (Å²) in [6, 6.07) is 4.34. The summed E-state index contributed by atoms with van der Waals surface area (Å²) in [5.41, 5.74) is 5.53. The van der Waals surface area contributed by atoms with E-state index >= 15 is 0 Å². The van der Waals surface area contributed by atoms with Crippen molar-refractivity contribution in [3.8, 4) is 0 Å². The van der Waals surface area contributed by atoms with Gasteiger partial charge in [-0.15, -0.1) is 0 Å². The molecule has 86 valence electrons. The molecule has 0 atom stereocenters. The highest BCUT2D eigenvalue weighted by atomic mass is 35.5. The average molecular weight is 242 g/mol. The van der Waals surface area contributed by atoms with Crippen molar-refractivity contribution in [3.05, 3.63) is 34.6 Å². The Kier molecular flexibility index (Phi) is 3.00. The molecule has 1 saturated carbocycles. The van der Waals surface area contributed by atoms with Crippen LogP contribution in [-0.4, -0.2) is 11.3 Å². The van der Waals surface area contributed by atoms with E-state index in [-0.39, 0.29) is 12.2 Å². The quantitative estimate of drug-likeness (QED) is 0.884. The van der Waals surface area contributed by atoms with Crippen molar-refractivity contribution in [2.45, 2.75) is 31.2 Å². The van der Waals surface area contributed by atoms with E-state index in [0.29, 0.717) is 23.4 Å². The summed E-state index contributed by atoms with van der Waals surface area (Å²) in [5.74, 6) is -0.524. The monoisotopic (exact) mass is 241 g/mol. The number of hydrogen-bond donors (Lipinski definition) is 1. The Hall–Kier alpha value is -0.930. The Bertz CT molecular complexity index is 429. The van der Waals surface area contributed by atoms with Crippen molar-refractivity contribution in [2.24, 2.45) is 5.73 Å². The Balaban J connectivity index is 2.12. The van der Waals surface area contributed by atoms with Crippen LogP contribution >= 0.6 is 11.6 Å². The number of hydrogen-bond acceptors (Lipinski definition) is 2. The number of carbonyl (C=O) groups excluding carboxylic acids is 1. The maximum absolute atomic E-state index is 13.4. The van der Waals surface area contributed by atoms with Gasteiger partial charge in [-0.25, -0.2) is 4.39 Å². The van der Waals surface area contributed by atoms with Crippen LogP contribution in [0.4, 0.5) is 4.39 Å². The van der Waals surface area contributed by atoms with Gasteiger partial charge in [0.25, 0.3) is 0 Å². The molecule has 0 unspecified atom stereocenters. The summed E-state index contributed by atoms with van der Waals surface area (Å²) in [5, 5.41) is 0.333. The largest absolute Gasteiger partial charge is 0.319 e. The molecular formula is C12H13ClFNO. The van der Waals surface area contributed by atoms with E-state index in [9.17, 15) is 9.18 Å². The maximum atomic E-state index is 13.4. The van der Waals surface area contributed by atoms with Gasteiger partial charge in [-0.05, 0) is 37.0 Å². The van der Waals surface area contributed by atoms with Crippen molar-refractivity contribution in [1.29, 1.82) is 0 Å². The third kappa shape index (κ3) is 2.11. The summed E-state index contributed by atoms with van der Waals surface area (Å²) in [6.07, 6.45) is 2.45. The molecule has 0 aliphatic heterocycles. The first kappa shape index (κ1) is 11.6. The minimum Gasteiger partial charge on any atom is -0.319 e. The molecule has 16 heavy (non-hydrogen) atoms. The average Bonchev–Trinajstić information content (AvgIpc) is 2.18. The first-order valence-electron chi connectivity index (χ1n) is 5.27. The first-order chi connectivity index (χ1) is 7.51. The number of rotatable bonds is 3. The molecule has 1 aromatic rings. The van der Waals surface area contributed by atoms with Crippen LogP contribution in [0.15, 0.2) is 18.2 Å². The van der Waals surface area contributed by atoms with Crippen molar-refractivity contribution < 1.29 is 9.18 Å². The lowest BCUT2D eigenvalue weighted by Gasteiger charge is -2.36. The van der Waals surface area contributed by atoms with Crippen LogP contribution in [0, 0.1) is 5.82 Å². The van der Waals surface area contributed by atoms with E-state index in [1.807, 2.05) is 0 Å². The normalized spacial score (nSPS) is 17.9. The number of nitrogens with two attached hydrogens (primary N) is 1. The topological polar surface area (TPSA) is 43.1 Å². The van der Waals surface area contributed by atoms with E-state index in [1.54, 1.807) is 6.07 Å². The van der Waals surface area contributed by atoms with Gasteiger partial charge in [0.15, 0.2) is 5.78 Å². The van der Waals surface area contributed by atoms with Gasteiger partial charge < -0.3 is 5.73 Å². The van der Waals surface area contributed by atoms with Crippen LogP contribution in [0.3, 0.4) is 0 Å². The highest BCUT2D eigenvalue weighted by Crippen LogP contribution is 2.31. The molecule has 2 rings (SSSR count). The smallest absolute Gasteiger partial charge is 0.157 e. The van der Waals surface area contributed by atoms with Gasteiger partial charge in [-0.2, -0.15) is 0 Å². The van der Waals surface area contributed by atoms with Gasteiger partial charge in [0.2, 0.25) is 0 Å². The Morgan fingerprint density at radius 3 is 2.69 bits per heavy atom. The second-order valence-electron chi connectivity index (χ2n) is 4.35. The van der Waals surface area contributed by atoms with Crippen LogP contribution < -0.4 is 5.73 Å². The zero-order valence-electron chi connectivity index (χ0n) is 8.80. The van der Waals surface area contributed by atoms with E-state index in [2.05, 4.69) is 0 Å². The second-order valence-corrected chi connectivity index (χ2v) is 4.78.